The molecular weight excluding hydrogens is 132 g/mol. The highest BCUT2D eigenvalue weighted by atomic mass is 32.1. The molecule has 1 rings (SSSR count). The zero-order valence-electron chi connectivity index (χ0n) is 5.35. The fourth-order valence-corrected chi connectivity index (χ4v) is 1.34. The second-order valence-corrected chi connectivity index (χ2v) is 2.48. The molecule has 1 N–H and O–H groups in total. The van der Waals surface area contributed by atoms with Gasteiger partial charge in [0.15, 0.2) is 0 Å². The first-order valence-electron chi connectivity index (χ1n) is 2.78. The van der Waals surface area contributed by atoms with Crippen LogP contribution in [0.15, 0.2) is 5.51 Å². The van der Waals surface area contributed by atoms with Gasteiger partial charge in [-0.05, 0) is 13.3 Å². The molecule has 0 aromatic carbocycles. The summed E-state index contributed by atoms with van der Waals surface area (Å²) in [6.45, 7) is 3.74. The second kappa shape index (κ2) is 2.82. The van der Waals surface area contributed by atoms with Crippen LogP contribution in [0.5, 0.6) is 0 Å². The van der Waals surface area contributed by atoms with Crippen LogP contribution >= 0.6 is 11.3 Å². The Morgan fingerprint density at radius 1 is 1.89 bits per heavy atom. The lowest BCUT2D eigenvalue weighted by molar-refractivity contribution is 1.15. The Morgan fingerprint density at radius 3 is 3.11 bits per heavy atom. The first-order valence-corrected chi connectivity index (χ1v) is 3.65. The van der Waals surface area contributed by atoms with Crippen molar-refractivity contribution in [1.82, 2.24) is 4.98 Å². The van der Waals surface area contributed by atoms with Crippen LogP contribution in [0.1, 0.15) is 5.69 Å². The summed E-state index contributed by atoms with van der Waals surface area (Å²) in [5.41, 5.74) is 2.88. The number of anilines is 1. The lowest BCUT2D eigenvalue weighted by Gasteiger charge is -1.94. The van der Waals surface area contributed by atoms with Crippen molar-refractivity contribution in [3.8, 4) is 0 Å². The molecule has 0 aliphatic carbocycles. The minimum absolute atomic E-state index is 0.764. The Hall–Kier alpha value is -0.570. The first-order chi connectivity index (χ1) is 4.38. The van der Waals surface area contributed by atoms with Crippen LogP contribution in [0.3, 0.4) is 0 Å². The molecule has 1 aromatic rings. The molecule has 0 saturated heterocycles. The van der Waals surface area contributed by atoms with Gasteiger partial charge in [0, 0.05) is 7.05 Å². The van der Waals surface area contributed by atoms with Crippen LogP contribution in [0.25, 0.3) is 0 Å². The molecule has 1 aromatic heterocycles. The molecule has 1 radical (unpaired) electrons. The van der Waals surface area contributed by atoms with E-state index in [0.29, 0.717) is 0 Å². The van der Waals surface area contributed by atoms with E-state index in [2.05, 4.69) is 17.2 Å². The fraction of sp³-hybridized carbons (Fsp3) is 0.333. The van der Waals surface area contributed by atoms with Crippen LogP contribution in [-0.4, -0.2) is 12.0 Å². The summed E-state index contributed by atoms with van der Waals surface area (Å²) in [6.07, 6.45) is 0.764. The minimum atomic E-state index is 0.764. The van der Waals surface area contributed by atoms with Crippen LogP contribution in [0.2, 0.25) is 0 Å². The highest BCUT2D eigenvalue weighted by molar-refractivity contribution is 7.14. The summed E-state index contributed by atoms with van der Waals surface area (Å²) in [4.78, 5) is 4.10. The summed E-state index contributed by atoms with van der Waals surface area (Å²) < 4.78 is 0. The molecular formula is C6H9N2S. The molecule has 0 saturated carbocycles. The van der Waals surface area contributed by atoms with Crippen molar-refractivity contribution in [2.24, 2.45) is 0 Å². The Balaban J connectivity index is 2.85. The van der Waals surface area contributed by atoms with Gasteiger partial charge in [-0.15, -0.1) is 11.3 Å². The van der Waals surface area contributed by atoms with Crippen LogP contribution in [0, 0.1) is 6.92 Å². The van der Waals surface area contributed by atoms with Crippen LogP contribution in [0.4, 0.5) is 5.00 Å². The number of nitrogens with zero attached hydrogens (tertiary/aromatic N) is 1. The average molecular weight is 141 g/mol. The molecule has 49 valence electrons. The molecule has 0 unspecified atom stereocenters. The maximum Gasteiger partial charge on any atom is 0.111 e. The maximum absolute atomic E-state index is 4.10. The third kappa shape index (κ3) is 1.21. The van der Waals surface area contributed by atoms with E-state index in [9.17, 15) is 0 Å². The van der Waals surface area contributed by atoms with E-state index in [-0.39, 0.29) is 0 Å². The third-order valence-electron chi connectivity index (χ3n) is 1.11. The maximum atomic E-state index is 4.10. The van der Waals surface area contributed by atoms with Crippen molar-refractivity contribution in [1.29, 1.82) is 0 Å². The molecule has 0 aliphatic heterocycles. The van der Waals surface area contributed by atoms with Crippen LogP contribution in [-0.2, 0) is 6.42 Å². The fourth-order valence-electron chi connectivity index (χ4n) is 0.651. The molecule has 0 amide bonds. The van der Waals surface area contributed by atoms with Crippen molar-refractivity contribution in [2.45, 2.75) is 6.42 Å². The Morgan fingerprint density at radius 2 is 2.67 bits per heavy atom. The highest BCUT2D eigenvalue weighted by Crippen LogP contribution is 2.18. The molecule has 1 heterocycles. The molecule has 0 bridgehead atoms. The van der Waals surface area contributed by atoms with Gasteiger partial charge in [-0.3, -0.25) is 0 Å². The summed E-state index contributed by atoms with van der Waals surface area (Å²) >= 11 is 1.61. The van der Waals surface area contributed by atoms with Gasteiger partial charge in [0.1, 0.15) is 5.00 Å². The Kier molecular flexibility index (Phi) is 2.05. The molecule has 0 atom stereocenters. The smallest absolute Gasteiger partial charge is 0.111 e. The number of nitrogens with one attached hydrogen (secondary N) is 1. The van der Waals surface area contributed by atoms with Crippen LogP contribution < -0.4 is 5.32 Å². The summed E-state index contributed by atoms with van der Waals surface area (Å²) in [6, 6.07) is 0. The minimum Gasteiger partial charge on any atom is -0.378 e. The molecule has 0 spiro atoms. The predicted molar refractivity (Wildman–Crippen MR) is 40.7 cm³/mol. The molecule has 0 fully saturated rings. The SMILES string of the molecule is [CH2]Cc1ncsc1NC. The van der Waals surface area contributed by atoms with Gasteiger partial charge < -0.3 is 5.32 Å². The number of thiazole rings is 1. The summed E-state index contributed by atoms with van der Waals surface area (Å²) in [5.74, 6) is 0. The number of aromatic nitrogens is 1. The first kappa shape index (κ1) is 6.55. The van der Waals surface area contributed by atoms with Crippen molar-refractivity contribution in [3.05, 3.63) is 18.1 Å². The van der Waals surface area contributed by atoms with Gasteiger partial charge in [0.25, 0.3) is 0 Å². The normalized spacial score (nSPS) is 9.56. The zero-order chi connectivity index (χ0) is 6.69. The number of hydrogen-bond acceptors (Lipinski definition) is 3. The van der Waals surface area contributed by atoms with Crippen molar-refractivity contribution >= 4 is 16.3 Å². The van der Waals surface area contributed by atoms with Gasteiger partial charge in [-0.1, -0.05) is 0 Å². The van der Waals surface area contributed by atoms with Gasteiger partial charge in [0.2, 0.25) is 0 Å². The predicted octanol–water partition coefficient (Wildman–Crippen LogP) is 1.56. The van der Waals surface area contributed by atoms with E-state index >= 15 is 0 Å². The van der Waals surface area contributed by atoms with Gasteiger partial charge >= 0.3 is 0 Å². The van der Waals surface area contributed by atoms with Gasteiger partial charge in [-0.25, -0.2) is 4.98 Å². The topological polar surface area (TPSA) is 24.9 Å². The van der Waals surface area contributed by atoms with Crippen molar-refractivity contribution in [3.63, 3.8) is 0 Å². The average Bonchev–Trinajstić information content (AvgIpc) is 2.33. The van der Waals surface area contributed by atoms with E-state index < -0.39 is 0 Å². The quantitative estimate of drug-likeness (QED) is 0.676. The van der Waals surface area contributed by atoms with Crippen molar-refractivity contribution in [2.75, 3.05) is 12.4 Å². The van der Waals surface area contributed by atoms with E-state index in [0.717, 1.165) is 17.1 Å². The van der Waals surface area contributed by atoms with E-state index in [4.69, 9.17) is 0 Å². The zero-order valence-corrected chi connectivity index (χ0v) is 6.16. The standard InChI is InChI=1S/C6H9N2S/c1-3-5-6(7-2)9-4-8-5/h4,7H,1,3H2,2H3. The molecule has 2 nitrogen and oxygen atoms in total. The Labute approximate surface area is 58.9 Å². The van der Waals surface area contributed by atoms with E-state index in [1.54, 1.807) is 11.3 Å². The van der Waals surface area contributed by atoms with Crippen molar-refractivity contribution < 1.29 is 0 Å². The number of rotatable bonds is 2. The lowest BCUT2D eigenvalue weighted by atomic mass is 10.4. The summed E-state index contributed by atoms with van der Waals surface area (Å²) in [7, 11) is 1.90. The monoisotopic (exact) mass is 141 g/mol. The second-order valence-electron chi connectivity index (χ2n) is 1.63. The Bertz CT molecular complexity index is 164. The largest absolute Gasteiger partial charge is 0.378 e. The summed E-state index contributed by atoms with van der Waals surface area (Å²) in [5, 5.41) is 4.17. The van der Waals surface area contributed by atoms with E-state index in [1.165, 1.54) is 0 Å². The molecule has 0 aliphatic rings. The molecule has 3 heteroatoms. The highest BCUT2D eigenvalue weighted by Gasteiger charge is 1.98. The van der Waals surface area contributed by atoms with Gasteiger partial charge in [0.05, 0.1) is 11.2 Å². The van der Waals surface area contributed by atoms with Gasteiger partial charge in [-0.2, -0.15) is 0 Å². The number of hydrogen-bond donors (Lipinski definition) is 1. The molecule has 9 heavy (non-hydrogen) atoms. The third-order valence-corrected chi connectivity index (χ3v) is 1.99. The lowest BCUT2D eigenvalue weighted by Crippen LogP contribution is -1.89. The van der Waals surface area contributed by atoms with E-state index in [1.807, 2.05) is 12.6 Å².